The van der Waals surface area contributed by atoms with E-state index in [1.807, 2.05) is 0 Å². The predicted octanol–water partition coefficient (Wildman–Crippen LogP) is 4.64. The number of likely N-dealkylation sites (tertiary alicyclic amines) is 1. The molecule has 2 atom stereocenters. The molecule has 2 N–H and O–H groups in total. The van der Waals surface area contributed by atoms with E-state index in [2.05, 4.69) is 5.32 Å². The minimum Gasteiger partial charge on any atom is -0.493 e. The van der Waals surface area contributed by atoms with Gasteiger partial charge in [0, 0.05) is 6.07 Å². The molecular weight excluding hydrogens is 478 g/mol. The molecule has 0 spiro atoms. The summed E-state index contributed by atoms with van der Waals surface area (Å²) in [5, 5.41) is 11.8. The van der Waals surface area contributed by atoms with E-state index in [1.54, 1.807) is 13.8 Å². The highest BCUT2D eigenvalue weighted by molar-refractivity contribution is 5.95. The zero-order valence-corrected chi connectivity index (χ0v) is 19.8. The fourth-order valence-corrected chi connectivity index (χ4v) is 4.60. The molecule has 2 fully saturated rings. The molecule has 1 aromatic rings. The Morgan fingerprint density at radius 3 is 2.40 bits per heavy atom. The lowest BCUT2D eigenvalue weighted by Gasteiger charge is -2.34. The van der Waals surface area contributed by atoms with Gasteiger partial charge in [-0.1, -0.05) is 0 Å². The Labute approximate surface area is 200 Å². The number of rotatable bonds is 10. The molecule has 0 aromatic heterocycles. The Kier molecular flexibility index (Phi) is 8.30. The highest BCUT2D eigenvalue weighted by atomic mass is 19.4. The third-order valence-electron chi connectivity index (χ3n) is 6.84. The summed E-state index contributed by atoms with van der Waals surface area (Å²) < 4.78 is 83.7. The van der Waals surface area contributed by atoms with Crippen LogP contribution in [0.4, 0.5) is 26.3 Å². The van der Waals surface area contributed by atoms with Crippen LogP contribution in [-0.2, 0) is 0 Å². The summed E-state index contributed by atoms with van der Waals surface area (Å²) in [5.41, 5.74) is -1.04. The molecule has 3 rings (SSSR count). The number of ether oxygens (including phenoxy) is 1. The zero-order chi connectivity index (χ0) is 26.0. The minimum atomic E-state index is -5.53. The monoisotopic (exact) mass is 510 g/mol. The quantitative estimate of drug-likeness (QED) is 0.451. The maximum atomic E-state index is 14.4. The molecule has 198 valence electrons. The maximum absolute atomic E-state index is 14.4. The highest BCUT2D eigenvalue weighted by Gasteiger charge is 2.58. The van der Waals surface area contributed by atoms with Crippen molar-refractivity contribution in [3.8, 4) is 5.75 Å². The van der Waals surface area contributed by atoms with Crippen molar-refractivity contribution < 1.29 is 41.0 Å². The molecule has 0 bridgehead atoms. The van der Waals surface area contributed by atoms with Crippen molar-refractivity contribution in [3.05, 3.63) is 29.6 Å². The Morgan fingerprint density at radius 2 is 1.83 bits per heavy atom. The molecule has 1 aliphatic carbocycles. The molecule has 0 radical (unpaired) electrons. The van der Waals surface area contributed by atoms with E-state index in [0.29, 0.717) is 37.2 Å². The van der Waals surface area contributed by atoms with E-state index in [0.717, 1.165) is 18.9 Å². The van der Waals surface area contributed by atoms with Gasteiger partial charge in [-0.3, -0.25) is 9.69 Å². The molecule has 5 nitrogen and oxygen atoms in total. The minimum absolute atomic E-state index is 0.152. The first kappa shape index (κ1) is 27.6. The fraction of sp³-hybridized carbons (Fsp3) is 0.708. The van der Waals surface area contributed by atoms with Crippen molar-refractivity contribution >= 4 is 5.91 Å². The molecule has 1 aliphatic heterocycles. The van der Waals surface area contributed by atoms with E-state index >= 15 is 0 Å². The molecule has 0 unspecified atom stereocenters. The average molecular weight is 511 g/mol. The molecule has 1 amide bonds. The van der Waals surface area contributed by atoms with Crippen LogP contribution >= 0.6 is 0 Å². The summed E-state index contributed by atoms with van der Waals surface area (Å²) in [6.07, 6.45) is -2.65. The van der Waals surface area contributed by atoms with Crippen LogP contribution in [0.15, 0.2) is 18.2 Å². The van der Waals surface area contributed by atoms with Crippen molar-refractivity contribution in [1.82, 2.24) is 10.2 Å². The Bertz CT molecular complexity index is 885. The van der Waals surface area contributed by atoms with E-state index in [-0.39, 0.29) is 31.0 Å². The SMILES string of the molecule is CC(C)(CO)NC(=O)c1ccc(OCC[C@@H]2C[C@@H]2C2CCN(CC(F)(F)C(F)(F)F)CC2)cc1F. The van der Waals surface area contributed by atoms with Crippen LogP contribution in [0.25, 0.3) is 0 Å². The van der Waals surface area contributed by atoms with E-state index in [4.69, 9.17) is 4.74 Å². The zero-order valence-electron chi connectivity index (χ0n) is 19.8. The summed E-state index contributed by atoms with van der Waals surface area (Å²) in [4.78, 5) is 13.4. The van der Waals surface area contributed by atoms with Crippen LogP contribution in [0.2, 0.25) is 0 Å². The van der Waals surface area contributed by atoms with Gasteiger partial charge in [0.25, 0.3) is 5.91 Å². The third kappa shape index (κ3) is 7.25. The Morgan fingerprint density at radius 1 is 1.17 bits per heavy atom. The van der Waals surface area contributed by atoms with Crippen molar-refractivity contribution in [2.75, 3.05) is 32.8 Å². The van der Waals surface area contributed by atoms with Gasteiger partial charge in [0.1, 0.15) is 11.6 Å². The van der Waals surface area contributed by atoms with Crippen molar-refractivity contribution in [1.29, 1.82) is 0 Å². The molecule has 11 heteroatoms. The molecule has 2 aliphatic rings. The first-order valence-corrected chi connectivity index (χ1v) is 11.7. The lowest BCUT2D eigenvalue weighted by atomic mass is 9.90. The van der Waals surface area contributed by atoms with Gasteiger partial charge in [0.2, 0.25) is 0 Å². The molecule has 1 saturated carbocycles. The van der Waals surface area contributed by atoms with Crippen LogP contribution in [-0.4, -0.2) is 66.4 Å². The highest BCUT2D eigenvalue weighted by Crippen LogP contribution is 2.50. The maximum Gasteiger partial charge on any atom is 0.454 e. The lowest BCUT2D eigenvalue weighted by Crippen LogP contribution is -2.49. The number of alkyl halides is 5. The molecular formula is C24H32F6N2O3. The van der Waals surface area contributed by atoms with Gasteiger partial charge >= 0.3 is 12.1 Å². The summed E-state index contributed by atoms with van der Waals surface area (Å²) in [7, 11) is 0. The number of piperidine rings is 1. The summed E-state index contributed by atoms with van der Waals surface area (Å²) in [6, 6.07) is 3.96. The standard InChI is InChI=1S/C24H32F6N2O3/c1-22(2,14-33)31-21(34)18-4-3-17(12-20(18)25)35-10-7-16-11-19(16)15-5-8-32(9-6-15)13-23(26,27)24(28,29)30/h3-4,12,15-16,19,33H,5-11,13-14H2,1-2H3,(H,31,34)/t16-,19-/m1/s1. The van der Waals surface area contributed by atoms with Crippen LogP contribution in [0.3, 0.4) is 0 Å². The number of hydrogen-bond donors (Lipinski definition) is 2. The van der Waals surface area contributed by atoms with Gasteiger partial charge in [-0.2, -0.15) is 22.0 Å². The van der Waals surface area contributed by atoms with E-state index in [1.165, 1.54) is 17.0 Å². The summed E-state index contributed by atoms with van der Waals surface area (Å²) >= 11 is 0. The summed E-state index contributed by atoms with van der Waals surface area (Å²) in [5.74, 6) is -4.69. The van der Waals surface area contributed by atoms with Crippen LogP contribution < -0.4 is 10.1 Å². The topological polar surface area (TPSA) is 61.8 Å². The fourth-order valence-electron chi connectivity index (χ4n) is 4.60. The number of carbonyl (C=O) groups is 1. The number of benzene rings is 1. The molecule has 35 heavy (non-hydrogen) atoms. The second kappa shape index (κ2) is 10.5. The molecule has 1 aromatic carbocycles. The Hall–Kier alpha value is -2.01. The number of amides is 1. The van der Waals surface area contributed by atoms with Crippen molar-refractivity contribution in [2.24, 2.45) is 17.8 Å². The van der Waals surface area contributed by atoms with E-state index in [9.17, 15) is 36.2 Å². The number of aliphatic hydroxyl groups is 1. The van der Waals surface area contributed by atoms with Gasteiger partial charge in [-0.15, -0.1) is 0 Å². The predicted molar refractivity (Wildman–Crippen MR) is 117 cm³/mol. The molecule has 1 saturated heterocycles. The van der Waals surface area contributed by atoms with Crippen LogP contribution in [0, 0.1) is 23.6 Å². The average Bonchev–Trinajstić information content (AvgIpc) is 3.52. The van der Waals surface area contributed by atoms with Gasteiger partial charge in [0.15, 0.2) is 0 Å². The third-order valence-corrected chi connectivity index (χ3v) is 6.84. The first-order chi connectivity index (χ1) is 16.2. The van der Waals surface area contributed by atoms with Gasteiger partial charge in [0.05, 0.1) is 30.9 Å². The normalized spacial score (nSPS) is 22.2. The first-order valence-electron chi connectivity index (χ1n) is 11.7. The van der Waals surface area contributed by atoms with Gasteiger partial charge < -0.3 is 15.2 Å². The Balaban J connectivity index is 1.38. The van der Waals surface area contributed by atoms with Gasteiger partial charge in [-0.05, 0) is 82.5 Å². The number of halogens is 6. The number of carbonyl (C=O) groups excluding carboxylic acids is 1. The van der Waals surface area contributed by atoms with Crippen LogP contribution in [0.5, 0.6) is 5.75 Å². The second-order valence-corrected chi connectivity index (χ2v) is 10.3. The largest absolute Gasteiger partial charge is 0.493 e. The number of hydrogen-bond acceptors (Lipinski definition) is 4. The van der Waals surface area contributed by atoms with E-state index < -0.39 is 35.9 Å². The van der Waals surface area contributed by atoms with Crippen molar-refractivity contribution in [3.63, 3.8) is 0 Å². The van der Waals surface area contributed by atoms with Gasteiger partial charge in [-0.25, -0.2) is 4.39 Å². The second-order valence-electron chi connectivity index (χ2n) is 10.3. The number of nitrogens with zero attached hydrogens (tertiary/aromatic N) is 1. The number of nitrogens with one attached hydrogen (secondary N) is 1. The summed E-state index contributed by atoms with van der Waals surface area (Å²) in [6.45, 7) is 2.44. The number of aliphatic hydroxyl groups excluding tert-OH is 1. The molecule has 1 heterocycles. The smallest absolute Gasteiger partial charge is 0.454 e. The van der Waals surface area contributed by atoms with Crippen molar-refractivity contribution in [2.45, 2.75) is 57.2 Å². The van der Waals surface area contributed by atoms with Crippen LogP contribution in [0.1, 0.15) is 49.9 Å². The lowest BCUT2D eigenvalue weighted by molar-refractivity contribution is -0.287.